The van der Waals surface area contributed by atoms with Crippen LogP contribution >= 0.6 is 11.6 Å². The van der Waals surface area contributed by atoms with Crippen molar-refractivity contribution in [3.8, 4) is 17.6 Å². The molecule has 5 nitrogen and oxygen atoms in total. The average molecular weight is 398 g/mol. The highest BCUT2D eigenvalue weighted by Crippen LogP contribution is 2.32. The highest BCUT2D eigenvalue weighted by molar-refractivity contribution is 6.32. The van der Waals surface area contributed by atoms with Crippen molar-refractivity contribution in [1.29, 1.82) is 5.26 Å². The molecule has 1 fully saturated rings. The van der Waals surface area contributed by atoms with Gasteiger partial charge in [0.1, 0.15) is 17.6 Å². The van der Waals surface area contributed by atoms with Crippen molar-refractivity contribution in [1.82, 2.24) is 4.90 Å². The van der Waals surface area contributed by atoms with E-state index in [9.17, 15) is 4.79 Å². The van der Waals surface area contributed by atoms with E-state index < -0.39 is 0 Å². The summed E-state index contributed by atoms with van der Waals surface area (Å²) in [6.07, 6.45) is 2.57. The first-order valence-corrected chi connectivity index (χ1v) is 9.90. The summed E-state index contributed by atoms with van der Waals surface area (Å²) >= 11 is 6.34. The molecule has 2 N–H and O–H groups in total. The van der Waals surface area contributed by atoms with Gasteiger partial charge in [0.2, 0.25) is 0 Å². The maximum atomic E-state index is 12.7. The molecule has 0 radical (unpaired) electrons. The van der Waals surface area contributed by atoms with E-state index in [-0.39, 0.29) is 5.78 Å². The molecule has 0 spiro atoms. The fourth-order valence-electron chi connectivity index (χ4n) is 3.50. The lowest BCUT2D eigenvalue weighted by Crippen LogP contribution is -2.37. The third kappa shape index (κ3) is 5.11. The zero-order valence-corrected chi connectivity index (χ0v) is 16.5. The van der Waals surface area contributed by atoms with Gasteiger partial charge in [-0.15, -0.1) is 0 Å². The Hall–Kier alpha value is -2.39. The van der Waals surface area contributed by atoms with Gasteiger partial charge in [-0.2, -0.15) is 5.26 Å². The fraction of sp³-hybridized carbons (Fsp3) is 0.364. The largest absolute Gasteiger partial charge is 0.454 e. The number of carbonyl (C=O) groups is 1. The monoisotopic (exact) mass is 397 g/mol. The molecule has 1 aliphatic heterocycles. The quantitative estimate of drug-likeness (QED) is 0.706. The van der Waals surface area contributed by atoms with Crippen LogP contribution < -0.4 is 10.5 Å². The molecule has 28 heavy (non-hydrogen) atoms. The van der Waals surface area contributed by atoms with E-state index in [2.05, 4.69) is 11.0 Å². The Labute approximate surface area is 170 Å². The number of ketones is 1. The molecule has 0 aromatic heterocycles. The van der Waals surface area contributed by atoms with Crippen LogP contribution in [0.2, 0.25) is 5.02 Å². The number of rotatable bonds is 7. The number of hydrogen-bond acceptors (Lipinski definition) is 5. The topological polar surface area (TPSA) is 79.3 Å². The van der Waals surface area contributed by atoms with Crippen molar-refractivity contribution >= 4 is 17.4 Å². The van der Waals surface area contributed by atoms with E-state index in [0.717, 1.165) is 32.5 Å². The maximum absolute atomic E-state index is 12.7. The number of piperidine rings is 1. The number of nitriles is 1. The Morgan fingerprint density at radius 2 is 1.96 bits per heavy atom. The molecule has 0 atom stereocenters. The summed E-state index contributed by atoms with van der Waals surface area (Å²) in [4.78, 5) is 15.0. The molecular formula is C22H24ClN3O2. The van der Waals surface area contributed by atoms with Crippen LogP contribution in [0.3, 0.4) is 0 Å². The number of Topliss-reactive ketones (excluding diaryl/α,β-unsaturated/α-hetero) is 1. The minimum Gasteiger partial charge on any atom is -0.454 e. The molecule has 0 unspecified atom stereocenters. The predicted molar refractivity (Wildman–Crippen MR) is 110 cm³/mol. The summed E-state index contributed by atoms with van der Waals surface area (Å²) in [5.74, 6) is 1.37. The molecule has 0 bridgehead atoms. The zero-order valence-electron chi connectivity index (χ0n) is 15.7. The van der Waals surface area contributed by atoms with E-state index in [1.807, 2.05) is 0 Å². The molecule has 0 saturated carbocycles. The van der Waals surface area contributed by atoms with Crippen LogP contribution in [-0.2, 0) is 0 Å². The number of likely N-dealkylation sites (tertiary alicyclic amines) is 1. The second kappa shape index (κ2) is 9.70. The lowest BCUT2D eigenvalue weighted by atomic mass is 9.90. The molecule has 146 valence electrons. The van der Waals surface area contributed by atoms with Gasteiger partial charge in [-0.3, -0.25) is 4.79 Å². The van der Waals surface area contributed by atoms with Crippen LogP contribution in [-0.4, -0.2) is 36.9 Å². The first kappa shape index (κ1) is 20.3. The average Bonchev–Trinajstić information content (AvgIpc) is 2.71. The summed E-state index contributed by atoms with van der Waals surface area (Å²) in [6.45, 7) is 3.60. The lowest BCUT2D eigenvalue weighted by Gasteiger charge is -2.31. The molecule has 1 heterocycles. The van der Waals surface area contributed by atoms with Crippen molar-refractivity contribution < 1.29 is 9.53 Å². The highest BCUT2D eigenvalue weighted by atomic mass is 35.5. The Morgan fingerprint density at radius 1 is 1.21 bits per heavy atom. The number of halogens is 1. The molecule has 6 heteroatoms. The summed E-state index contributed by atoms with van der Waals surface area (Å²) in [6, 6.07) is 14.1. The maximum Gasteiger partial charge on any atom is 0.163 e. The van der Waals surface area contributed by atoms with Gasteiger partial charge in [0.25, 0.3) is 0 Å². The third-order valence-corrected chi connectivity index (χ3v) is 5.40. The van der Waals surface area contributed by atoms with E-state index in [1.54, 1.807) is 42.5 Å². The van der Waals surface area contributed by atoms with Crippen LogP contribution in [0, 0.1) is 17.2 Å². The molecule has 3 rings (SSSR count). The molecule has 2 aromatic rings. The van der Waals surface area contributed by atoms with Gasteiger partial charge >= 0.3 is 0 Å². The Kier molecular flexibility index (Phi) is 7.05. The second-order valence-corrected chi connectivity index (χ2v) is 7.46. The minimum atomic E-state index is 0.100. The number of nitrogens with two attached hydrogens (primary N) is 1. The van der Waals surface area contributed by atoms with Crippen LogP contribution in [0.25, 0.3) is 0 Å². The summed E-state index contributed by atoms with van der Waals surface area (Å²) < 4.78 is 5.77. The van der Waals surface area contributed by atoms with E-state index in [4.69, 9.17) is 27.3 Å². The van der Waals surface area contributed by atoms with Crippen LogP contribution in [0.5, 0.6) is 11.5 Å². The van der Waals surface area contributed by atoms with Crippen LogP contribution in [0.4, 0.5) is 0 Å². The number of nitrogens with zero attached hydrogens (tertiary/aromatic N) is 2. The Balaban J connectivity index is 1.62. The standard InChI is InChI=1S/C22H24ClN3O2/c23-19-14-17(20(27)13-16-7-10-26(11-8-16)12-9-24)5-6-22(19)28-21-4-2-1-3-18(21)15-25/h1-6,14,16H,7-13,24H2. The van der Waals surface area contributed by atoms with Crippen LogP contribution in [0.15, 0.2) is 42.5 Å². The zero-order chi connectivity index (χ0) is 19.9. The third-order valence-electron chi connectivity index (χ3n) is 5.11. The number of benzene rings is 2. The minimum absolute atomic E-state index is 0.100. The molecule has 0 amide bonds. The van der Waals surface area contributed by atoms with Crippen molar-refractivity contribution in [2.75, 3.05) is 26.2 Å². The number of hydrogen-bond donors (Lipinski definition) is 1. The number of para-hydroxylation sites is 1. The van der Waals surface area contributed by atoms with Crippen LogP contribution in [0.1, 0.15) is 35.2 Å². The van der Waals surface area contributed by atoms with Crippen molar-refractivity contribution in [2.24, 2.45) is 11.7 Å². The van der Waals surface area contributed by atoms with Gasteiger partial charge in [-0.1, -0.05) is 23.7 Å². The molecule has 2 aromatic carbocycles. The van der Waals surface area contributed by atoms with Crippen molar-refractivity contribution in [2.45, 2.75) is 19.3 Å². The summed E-state index contributed by atoms with van der Waals surface area (Å²) in [7, 11) is 0. The van der Waals surface area contributed by atoms with Gasteiger partial charge in [-0.25, -0.2) is 0 Å². The SMILES string of the molecule is N#Cc1ccccc1Oc1ccc(C(=O)CC2CCN(CCN)CC2)cc1Cl. The lowest BCUT2D eigenvalue weighted by molar-refractivity contribution is 0.0929. The first-order valence-electron chi connectivity index (χ1n) is 9.53. The number of ether oxygens (including phenoxy) is 1. The molecular weight excluding hydrogens is 374 g/mol. The molecule has 1 saturated heterocycles. The summed E-state index contributed by atoms with van der Waals surface area (Å²) in [5, 5.41) is 9.53. The second-order valence-electron chi connectivity index (χ2n) is 7.06. The normalized spacial score (nSPS) is 15.2. The van der Waals surface area contributed by atoms with E-state index >= 15 is 0 Å². The fourth-order valence-corrected chi connectivity index (χ4v) is 3.72. The predicted octanol–water partition coefficient (Wildman–Crippen LogP) is 4.25. The van der Waals surface area contributed by atoms with Crippen molar-refractivity contribution in [3.05, 3.63) is 58.6 Å². The van der Waals surface area contributed by atoms with Crippen molar-refractivity contribution in [3.63, 3.8) is 0 Å². The van der Waals surface area contributed by atoms with Gasteiger partial charge in [0.05, 0.1) is 10.6 Å². The molecule has 0 aliphatic carbocycles. The Morgan fingerprint density at radius 3 is 2.64 bits per heavy atom. The van der Waals surface area contributed by atoms with Gasteiger partial charge < -0.3 is 15.4 Å². The molecule has 1 aliphatic rings. The Bertz CT molecular complexity index is 870. The van der Waals surface area contributed by atoms with Gasteiger partial charge in [-0.05, 0) is 62.2 Å². The van der Waals surface area contributed by atoms with Gasteiger partial charge in [0, 0.05) is 25.1 Å². The van der Waals surface area contributed by atoms with E-state index in [1.165, 1.54) is 0 Å². The first-order chi connectivity index (χ1) is 13.6. The summed E-state index contributed by atoms with van der Waals surface area (Å²) in [5.41, 5.74) is 6.63. The number of carbonyl (C=O) groups excluding carboxylic acids is 1. The van der Waals surface area contributed by atoms with E-state index in [0.29, 0.717) is 46.5 Å². The smallest absolute Gasteiger partial charge is 0.163 e. The van der Waals surface area contributed by atoms with Gasteiger partial charge in [0.15, 0.2) is 5.78 Å². The highest BCUT2D eigenvalue weighted by Gasteiger charge is 2.22.